The second-order valence-corrected chi connectivity index (χ2v) is 4.39. The van der Waals surface area contributed by atoms with E-state index in [1.807, 2.05) is 0 Å². The summed E-state index contributed by atoms with van der Waals surface area (Å²) in [5, 5.41) is 3.10. The van der Waals surface area contributed by atoms with Gasteiger partial charge in [-0.3, -0.25) is 0 Å². The SMILES string of the molecule is CN1CCCC1CCNc1[c]cccc1F. The third kappa shape index (κ3) is 2.73. The number of nitrogens with zero attached hydrogens (tertiary/aromatic N) is 1. The minimum Gasteiger partial charge on any atom is -0.382 e. The summed E-state index contributed by atoms with van der Waals surface area (Å²) in [5.41, 5.74) is 0.489. The van der Waals surface area contributed by atoms with Crippen LogP contribution < -0.4 is 5.32 Å². The van der Waals surface area contributed by atoms with E-state index < -0.39 is 0 Å². The van der Waals surface area contributed by atoms with Crippen molar-refractivity contribution in [1.29, 1.82) is 0 Å². The Bertz CT molecular complexity index is 340. The molecule has 3 heteroatoms. The Balaban J connectivity index is 1.78. The van der Waals surface area contributed by atoms with Crippen LogP contribution in [0.2, 0.25) is 0 Å². The molecule has 2 rings (SSSR count). The summed E-state index contributed by atoms with van der Waals surface area (Å²) in [6.45, 7) is 2.00. The van der Waals surface area contributed by atoms with Gasteiger partial charge < -0.3 is 10.2 Å². The zero-order chi connectivity index (χ0) is 11.4. The zero-order valence-electron chi connectivity index (χ0n) is 9.67. The van der Waals surface area contributed by atoms with Crippen molar-refractivity contribution in [2.45, 2.75) is 25.3 Å². The molecule has 0 bridgehead atoms. The van der Waals surface area contributed by atoms with Crippen LogP contribution in [0.25, 0.3) is 0 Å². The monoisotopic (exact) mass is 221 g/mol. The van der Waals surface area contributed by atoms with Crippen LogP contribution in [0.5, 0.6) is 0 Å². The van der Waals surface area contributed by atoms with Gasteiger partial charge in [0.05, 0.1) is 5.69 Å². The normalized spacial score (nSPS) is 21.2. The molecule has 1 atom stereocenters. The molecule has 0 aliphatic carbocycles. The van der Waals surface area contributed by atoms with Crippen LogP contribution in [0.4, 0.5) is 10.1 Å². The van der Waals surface area contributed by atoms with Crippen molar-refractivity contribution in [3.8, 4) is 0 Å². The van der Waals surface area contributed by atoms with Gasteiger partial charge in [-0.1, -0.05) is 12.1 Å². The number of anilines is 1. The Labute approximate surface area is 96.5 Å². The van der Waals surface area contributed by atoms with E-state index in [4.69, 9.17) is 0 Å². The van der Waals surface area contributed by atoms with Crippen LogP contribution in [0, 0.1) is 11.9 Å². The summed E-state index contributed by atoms with van der Waals surface area (Å²) in [4.78, 5) is 2.38. The van der Waals surface area contributed by atoms with E-state index >= 15 is 0 Å². The van der Waals surface area contributed by atoms with E-state index in [1.165, 1.54) is 25.5 Å². The molecule has 0 saturated carbocycles. The maximum absolute atomic E-state index is 13.3. The molecule has 1 unspecified atom stereocenters. The van der Waals surface area contributed by atoms with Gasteiger partial charge in [0.15, 0.2) is 0 Å². The fourth-order valence-corrected chi connectivity index (χ4v) is 2.26. The van der Waals surface area contributed by atoms with E-state index in [-0.39, 0.29) is 5.82 Å². The van der Waals surface area contributed by atoms with Crippen molar-refractivity contribution >= 4 is 5.69 Å². The number of para-hydroxylation sites is 1. The van der Waals surface area contributed by atoms with Gasteiger partial charge in [0.2, 0.25) is 0 Å². The Morgan fingerprint density at radius 2 is 2.50 bits per heavy atom. The minimum atomic E-state index is -0.220. The molecular weight excluding hydrogens is 203 g/mol. The van der Waals surface area contributed by atoms with Gasteiger partial charge in [0.25, 0.3) is 0 Å². The third-order valence-corrected chi connectivity index (χ3v) is 3.26. The fourth-order valence-electron chi connectivity index (χ4n) is 2.26. The highest BCUT2D eigenvalue weighted by Crippen LogP contribution is 2.18. The van der Waals surface area contributed by atoms with Gasteiger partial charge in [-0.05, 0) is 38.9 Å². The highest BCUT2D eigenvalue weighted by Gasteiger charge is 2.19. The Morgan fingerprint density at radius 1 is 1.62 bits per heavy atom. The van der Waals surface area contributed by atoms with Crippen LogP contribution in [0.1, 0.15) is 19.3 Å². The molecule has 1 heterocycles. The van der Waals surface area contributed by atoms with E-state index in [1.54, 1.807) is 12.1 Å². The minimum absolute atomic E-state index is 0.220. The summed E-state index contributed by atoms with van der Waals surface area (Å²) in [6.07, 6.45) is 3.62. The lowest BCUT2D eigenvalue weighted by molar-refractivity contribution is 0.301. The standard InChI is InChI=1S/C13H18FN2/c1-16-10-4-5-11(16)8-9-15-13-7-3-2-6-12(13)14/h2-3,6,11,15H,4-5,8-10H2,1H3. The molecule has 1 aliphatic heterocycles. The van der Waals surface area contributed by atoms with Gasteiger partial charge in [-0.15, -0.1) is 0 Å². The number of hydrogen-bond acceptors (Lipinski definition) is 2. The number of benzene rings is 1. The number of hydrogen-bond donors (Lipinski definition) is 1. The van der Waals surface area contributed by atoms with Gasteiger partial charge in [0.1, 0.15) is 5.82 Å². The average molecular weight is 221 g/mol. The van der Waals surface area contributed by atoms with Crippen molar-refractivity contribution in [3.05, 3.63) is 30.1 Å². The van der Waals surface area contributed by atoms with E-state index in [0.717, 1.165) is 13.0 Å². The maximum Gasteiger partial charge on any atom is 0.146 e. The average Bonchev–Trinajstić information content (AvgIpc) is 2.67. The second kappa shape index (κ2) is 5.30. The molecule has 0 amide bonds. The molecular formula is C13H18FN2. The van der Waals surface area contributed by atoms with E-state index in [0.29, 0.717) is 11.7 Å². The Morgan fingerprint density at radius 3 is 3.19 bits per heavy atom. The van der Waals surface area contributed by atoms with Gasteiger partial charge in [-0.25, -0.2) is 4.39 Å². The zero-order valence-corrected chi connectivity index (χ0v) is 9.67. The Hall–Kier alpha value is -1.09. The van der Waals surface area contributed by atoms with E-state index in [2.05, 4.69) is 23.3 Å². The number of halogens is 1. The molecule has 0 spiro atoms. The summed E-state index contributed by atoms with van der Waals surface area (Å²) in [7, 11) is 2.16. The third-order valence-electron chi connectivity index (χ3n) is 3.26. The van der Waals surface area contributed by atoms with Crippen LogP contribution in [0.3, 0.4) is 0 Å². The molecule has 1 aliphatic rings. The first-order chi connectivity index (χ1) is 7.77. The van der Waals surface area contributed by atoms with Crippen molar-refractivity contribution < 1.29 is 4.39 Å². The lowest BCUT2D eigenvalue weighted by Crippen LogP contribution is -2.27. The highest BCUT2D eigenvalue weighted by molar-refractivity contribution is 5.42. The number of rotatable bonds is 4. The largest absolute Gasteiger partial charge is 0.382 e. The molecule has 1 N–H and O–H groups in total. The predicted molar refractivity (Wildman–Crippen MR) is 64.0 cm³/mol. The van der Waals surface area contributed by atoms with Crippen molar-refractivity contribution in [1.82, 2.24) is 4.90 Å². The molecule has 87 valence electrons. The quantitative estimate of drug-likeness (QED) is 0.840. The molecule has 16 heavy (non-hydrogen) atoms. The van der Waals surface area contributed by atoms with Gasteiger partial charge in [-0.2, -0.15) is 0 Å². The first-order valence-electron chi connectivity index (χ1n) is 5.87. The summed E-state index contributed by atoms with van der Waals surface area (Å²) in [6, 6.07) is 8.37. The second-order valence-electron chi connectivity index (χ2n) is 4.39. The van der Waals surface area contributed by atoms with E-state index in [9.17, 15) is 4.39 Å². The van der Waals surface area contributed by atoms with Gasteiger partial charge >= 0.3 is 0 Å². The first kappa shape index (κ1) is 11.4. The summed E-state index contributed by atoms with van der Waals surface area (Å²) >= 11 is 0. The lowest BCUT2D eigenvalue weighted by atomic mass is 10.1. The van der Waals surface area contributed by atoms with Crippen molar-refractivity contribution in [2.24, 2.45) is 0 Å². The first-order valence-corrected chi connectivity index (χ1v) is 5.87. The van der Waals surface area contributed by atoms with Crippen LogP contribution in [-0.2, 0) is 0 Å². The predicted octanol–water partition coefficient (Wildman–Crippen LogP) is 2.52. The van der Waals surface area contributed by atoms with Crippen LogP contribution in [0.15, 0.2) is 18.2 Å². The maximum atomic E-state index is 13.3. The smallest absolute Gasteiger partial charge is 0.146 e. The lowest BCUT2D eigenvalue weighted by Gasteiger charge is -2.19. The molecule has 1 aromatic rings. The topological polar surface area (TPSA) is 15.3 Å². The molecule has 1 fully saturated rings. The summed E-state index contributed by atoms with van der Waals surface area (Å²) < 4.78 is 13.3. The van der Waals surface area contributed by atoms with Gasteiger partial charge in [0, 0.05) is 18.7 Å². The van der Waals surface area contributed by atoms with Crippen LogP contribution in [-0.4, -0.2) is 31.1 Å². The molecule has 1 radical (unpaired) electrons. The fraction of sp³-hybridized carbons (Fsp3) is 0.538. The molecule has 1 aromatic carbocycles. The van der Waals surface area contributed by atoms with Crippen LogP contribution >= 0.6 is 0 Å². The number of likely N-dealkylation sites (tertiary alicyclic amines) is 1. The Kier molecular flexibility index (Phi) is 3.78. The van der Waals surface area contributed by atoms with Crippen molar-refractivity contribution in [3.63, 3.8) is 0 Å². The highest BCUT2D eigenvalue weighted by atomic mass is 19.1. The summed E-state index contributed by atoms with van der Waals surface area (Å²) in [5.74, 6) is -0.220. The molecule has 0 aromatic heterocycles. The van der Waals surface area contributed by atoms with Crippen molar-refractivity contribution in [2.75, 3.05) is 25.5 Å². The molecule has 2 nitrogen and oxygen atoms in total. The molecule has 1 saturated heterocycles. The number of nitrogens with one attached hydrogen (secondary N) is 1.